The van der Waals surface area contributed by atoms with E-state index in [0.717, 1.165) is 0 Å². The minimum absolute atomic E-state index is 0.0844. The van der Waals surface area contributed by atoms with Gasteiger partial charge in [-0.3, -0.25) is 19.2 Å². The van der Waals surface area contributed by atoms with E-state index < -0.39 is 53.0 Å². The Morgan fingerprint density at radius 3 is 2.18 bits per heavy atom. The van der Waals surface area contributed by atoms with Crippen LogP contribution in [0.25, 0.3) is 0 Å². The summed E-state index contributed by atoms with van der Waals surface area (Å²) in [6.07, 6.45) is 3.30. The lowest BCUT2D eigenvalue weighted by molar-refractivity contribution is -0.171. The van der Waals surface area contributed by atoms with Crippen LogP contribution in [0.2, 0.25) is 0 Å². The minimum atomic E-state index is -1.63. The topological polar surface area (TPSA) is 113 Å². The number of hydrogen-bond acceptors (Lipinski definition) is 8. The molecule has 1 fully saturated rings. The van der Waals surface area contributed by atoms with Gasteiger partial charge in [-0.1, -0.05) is 50.3 Å². The zero-order valence-electron chi connectivity index (χ0n) is 23.7. The van der Waals surface area contributed by atoms with Crippen molar-refractivity contribution in [3.8, 4) is 0 Å². The highest BCUT2D eigenvalue weighted by Gasteiger charge is 2.60. The zero-order chi connectivity index (χ0) is 29.1. The summed E-state index contributed by atoms with van der Waals surface area (Å²) in [7, 11) is 0. The number of carbonyl (C=O) groups excluding carboxylic acids is 5. The van der Waals surface area contributed by atoms with Gasteiger partial charge in [-0.15, -0.1) is 0 Å². The summed E-state index contributed by atoms with van der Waals surface area (Å²) in [5.74, 6) is -4.25. The maximum absolute atomic E-state index is 14.1. The molecule has 1 aromatic rings. The van der Waals surface area contributed by atoms with Crippen LogP contribution in [0.4, 0.5) is 0 Å². The second-order valence-corrected chi connectivity index (χ2v) is 11.3. The number of hydrogen-bond donors (Lipinski definition) is 0. The molecule has 0 unspecified atom stereocenters. The molecule has 2 aliphatic carbocycles. The average Bonchev–Trinajstić information content (AvgIpc) is 3.11. The normalized spacial score (nSPS) is 31.6. The van der Waals surface area contributed by atoms with Gasteiger partial charge < -0.3 is 14.2 Å². The third kappa shape index (κ3) is 6.54. The summed E-state index contributed by atoms with van der Waals surface area (Å²) >= 11 is 0. The lowest BCUT2D eigenvalue weighted by atomic mass is 9.76. The molecule has 0 radical (unpaired) electrons. The predicted octanol–water partition coefficient (Wildman–Crippen LogP) is 4.81. The molecule has 0 N–H and O–H groups in total. The first kappa shape index (κ1) is 30.0. The molecule has 8 nitrogen and oxygen atoms in total. The fourth-order valence-corrected chi connectivity index (χ4v) is 5.48. The Bertz CT molecular complexity index is 1190. The Balaban J connectivity index is 2.21. The van der Waals surface area contributed by atoms with Crippen molar-refractivity contribution in [2.75, 3.05) is 0 Å². The van der Waals surface area contributed by atoms with Crippen LogP contribution in [0.3, 0.4) is 0 Å². The molecule has 2 aliphatic rings. The van der Waals surface area contributed by atoms with E-state index in [1.807, 2.05) is 6.92 Å². The standard InChI is InChI=1S/C31H38O8/c1-18-13-14-30(6,7)26(34)16-25(37-21(4)32)19(2)15-24-27(38-29(36)23-11-9-8-10-12-23)20(3)17-31(24,28(18)35)39-22(5)33/h8-15,18,20,24-25,27H,16-17H2,1-7H3/b14-13+,19-15?/t18-,20+,24-,25+,27-,31+/m0/s1. The van der Waals surface area contributed by atoms with E-state index in [0.29, 0.717) is 11.1 Å². The molecular weight excluding hydrogens is 500 g/mol. The van der Waals surface area contributed by atoms with E-state index >= 15 is 0 Å². The van der Waals surface area contributed by atoms with Gasteiger partial charge in [0, 0.05) is 38.0 Å². The minimum Gasteiger partial charge on any atom is -0.458 e. The molecule has 0 bridgehead atoms. The van der Waals surface area contributed by atoms with E-state index in [9.17, 15) is 24.0 Å². The molecule has 0 heterocycles. The molecule has 0 saturated heterocycles. The van der Waals surface area contributed by atoms with Crippen LogP contribution in [0.5, 0.6) is 0 Å². The molecule has 1 saturated carbocycles. The van der Waals surface area contributed by atoms with Gasteiger partial charge in [0.25, 0.3) is 0 Å². The quantitative estimate of drug-likeness (QED) is 0.305. The molecular formula is C31H38O8. The van der Waals surface area contributed by atoms with Crippen molar-refractivity contribution in [2.45, 2.75) is 79.1 Å². The van der Waals surface area contributed by atoms with Gasteiger partial charge in [0.15, 0.2) is 11.4 Å². The molecule has 0 aromatic heterocycles. The lowest BCUT2D eigenvalue weighted by Crippen LogP contribution is -2.50. The molecule has 1 aromatic carbocycles. The molecule has 3 rings (SSSR count). The third-order valence-corrected chi connectivity index (χ3v) is 7.64. The maximum atomic E-state index is 14.1. The van der Waals surface area contributed by atoms with Crippen molar-refractivity contribution in [1.29, 1.82) is 0 Å². The van der Waals surface area contributed by atoms with Crippen molar-refractivity contribution in [3.63, 3.8) is 0 Å². The monoisotopic (exact) mass is 538 g/mol. The highest BCUT2D eigenvalue weighted by atomic mass is 16.6. The average molecular weight is 539 g/mol. The Labute approximate surface area is 229 Å². The summed E-state index contributed by atoms with van der Waals surface area (Å²) in [6.45, 7) is 11.2. The van der Waals surface area contributed by atoms with Crippen molar-refractivity contribution in [3.05, 3.63) is 59.7 Å². The van der Waals surface area contributed by atoms with E-state index in [1.54, 1.807) is 76.3 Å². The lowest BCUT2D eigenvalue weighted by Gasteiger charge is -2.36. The van der Waals surface area contributed by atoms with E-state index in [4.69, 9.17) is 14.2 Å². The first-order valence-electron chi connectivity index (χ1n) is 13.3. The number of allylic oxidation sites excluding steroid dienone is 2. The van der Waals surface area contributed by atoms with Crippen LogP contribution in [0.1, 0.15) is 71.7 Å². The van der Waals surface area contributed by atoms with Gasteiger partial charge in [0.05, 0.1) is 11.5 Å². The molecule has 0 spiro atoms. The molecule has 210 valence electrons. The van der Waals surface area contributed by atoms with Crippen LogP contribution >= 0.6 is 0 Å². The third-order valence-electron chi connectivity index (χ3n) is 7.64. The highest BCUT2D eigenvalue weighted by molar-refractivity contribution is 5.94. The summed E-state index contributed by atoms with van der Waals surface area (Å²) in [4.78, 5) is 64.9. The van der Waals surface area contributed by atoms with Crippen molar-refractivity contribution in [2.24, 2.45) is 23.2 Å². The largest absolute Gasteiger partial charge is 0.458 e. The molecule has 0 amide bonds. The van der Waals surface area contributed by atoms with Crippen LogP contribution < -0.4 is 0 Å². The molecule has 0 aliphatic heterocycles. The first-order valence-corrected chi connectivity index (χ1v) is 13.3. The van der Waals surface area contributed by atoms with Crippen LogP contribution in [-0.2, 0) is 33.4 Å². The van der Waals surface area contributed by atoms with Gasteiger partial charge >= 0.3 is 17.9 Å². The first-order chi connectivity index (χ1) is 18.2. The van der Waals surface area contributed by atoms with Gasteiger partial charge in [-0.2, -0.15) is 0 Å². The van der Waals surface area contributed by atoms with Crippen LogP contribution in [0, 0.1) is 23.2 Å². The van der Waals surface area contributed by atoms with Gasteiger partial charge in [0.2, 0.25) is 0 Å². The Hall–Kier alpha value is -3.55. The number of esters is 3. The number of fused-ring (bicyclic) bond motifs is 1. The Morgan fingerprint density at radius 1 is 0.949 bits per heavy atom. The van der Waals surface area contributed by atoms with Crippen LogP contribution in [0.15, 0.2) is 54.1 Å². The number of rotatable bonds is 4. The summed E-state index contributed by atoms with van der Waals surface area (Å²) in [5.41, 5.74) is -1.73. The highest BCUT2D eigenvalue weighted by Crippen LogP contribution is 2.48. The van der Waals surface area contributed by atoms with Crippen molar-refractivity contribution >= 4 is 29.5 Å². The van der Waals surface area contributed by atoms with Crippen LogP contribution in [-0.4, -0.2) is 47.3 Å². The van der Waals surface area contributed by atoms with Crippen molar-refractivity contribution < 1.29 is 38.2 Å². The zero-order valence-corrected chi connectivity index (χ0v) is 23.7. The van der Waals surface area contributed by atoms with E-state index in [-0.39, 0.29) is 30.3 Å². The summed E-state index contributed by atoms with van der Waals surface area (Å²) < 4.78 is 17.4. The summed E-state index contributed by atoms with van der Waals surface area (Å²) in [5, 5.41) is 0. The molecule has 6 atom stereocenters. The number of ketones is 2. The Morgan fingerprint density at radius 2 is 1.59 bits per heavy atom. The smallest absolute Gasteiger partial charge is 0.338 e. The number of benzene rings is 1. The van der Waals surface area contributed by atoms with Gasteiger partial charge in [-0.05, 0) is 44.4 Å². The van der Waals surface area contributed by atoms with Gasteiger partial charge in [-0.25, -0.2) is 4.79 Å². The maximum Gasteiger partial charge on any atom is 0.338 e. The van der Waals surface area contributed by atoms with E-state index in [1.165, 1.54) is 13.8 Å². The second-order valence-electron chi connectivity index (χ2n) is 11.3. The SMILES string of the molecule is CC(=O)O[C@@H]1CC(=O)C(C)(C)/C=C/[C@H](C)C(=O)[C@@]2(OC(C)=O)C[C@@H](C)[C@H](OC(=O)c3ccccc3)[C@@H]2C=C1C. The fourth-order valence-electron chi connectivity index (χ4n) is 5.48. The predicted molar refractivity (Wildman–Crippen MR) is 143 cm³/mol. The number of carbonyl (C=O) groups is 5. The van der Waals surface area contributed by atoms with E-state index in [2.05, 4.69) is 0 Å². The number of ether oxygens (including phenoxy) is 3. The molecule has 8 heteroatoms. The number of Topliss-reactive ketones (excluding diaryl/α,β-unsaturated/α-hetero) is 2. The second kappa shape index (κ2) is 11.7. The molecule has 39 heavy (non-hydrogen) atoms. The summed E-state index contributed by atoms with van der Waals surface area (Å²) in [6, 6.07) is 8.48. The fraction of sp³-hybridized carbons (Fsp3) is 0.516. The Kier molecular flexibility index (Phi) is 8.98. The van der Waals surface area contributed by atoms with Crippen molar-refractivity contribution in [1.82, 2.24) is 0 Å². The van der Waals surface area contributed by atoms with Gasteiger partial charge in [0.1, 0.15) is 18.0 Å².